The first-order valence-corrected chi connectivity index (χ1v) is 8.59. The fourth-order valence-electron chi connectivity index (χ4n) is 3.69. The summed E-state index contributed by atoms with van der Waals surface area (Å²) in [4.78, 5) is 28.1. The Morgan fingerprint density at radius 2 is 1.96 bits per heavy atom. The van der Waals surface area contributed by atoms with E-state index in [0.717, 1.165) is 19.2 Å². The van der Waals surface area contributed by atoms with Crippen molar-refractivity contribution >= 4 is 48.8 Å². The van der Waals surface area contributed by atoms with Gasteiger partial charge in [-0.3, -0.25) is 4.79 Å². The van der Waals surface area contributed by atoms with Gasteiger partial charge in [0.05, 0.1) is 16.9 Å². The van der Waals surface area contributed by atoms with Crippen LogP contribution in [0.15, 0.2) is 17.1 Å². The molecular weight excluding hydrogens is 550 g/mol. The molecule has 0 radical (unpaired) electrons. The number of anilines is 1. The van der Waals surface area contributed by atoms with Crippen molar-refractivity contribution < 1.29 is 19.0 Å². The van der Waals surface area contributed by atoms with Crippen LogP contribution in [-0.4, -0.2) is 86.6 Å². The van der Waals surface area contributed by atoms with Gasteiger partial charge >= 0.3 is 32.2 Å². The molecule has 27 heavy (non-hydrogen) atoms. The molecule has 1 atom stereocenters. The zero-order chi connectivity index (χ0) is 18.6. The van der Waals surface area contributed by atoms with Crippen LogP contribution in [0.1, 0.15) is 23.3 Å². The second-order valence-electron chi connectivity index (χ2n) is 6.97. The minimum absolute atomic E-state index is 0. The molecule has 0 spiro atoms. The van der Waals surface area contributed by atoms with Crippen LogP contribution >= 0.6 is 0 Å². The van der Waals surface area contributed by atoms with E-state index in [-0.39, 0.29) is 49.8 Å². The summed E-state index contributed by atoms with van der Waals surface area (Å²) < 4.78 is 22.6. The van der Waals surface area contributed by atoms with Crippen LogP contribution in [0.2, 0.25) is 0 Å². The molecule has 4 rings (SSSR count). The van der Waals surface area contributed by atoms with Gasteiger partial charge in [-0.1, -0.05) is 0 Å². The number of pyridine rings is 1. The molecule has 1 aromatic heterocycles. The Hall–Kier alpha value is -1.73. The quantitative estimate of drug-likeness (QED) is 0.524. The molecule has 0 aliphatic carbocycles. The van der Waals surface area contributed by atoms with E-state index < -0.39 is 17.2 Å². The van der Waals surface area contributed by atoms with E-state index in [1.165, 1.54) is 6.20 Å². The fourth-order valence-corrected chi connectivity index (χ4v) is 3.69. The van der Waals surface area contributed by atoms with Gasteiger partial charge in [-0.15, -0.1) is 0 Å². The van der Waals surface area contributed by atoms with Crippen LogP contribution < -0.4 is 15.1 Å². The number of aromatic carboxylic acids is 1. The van der Waals surface area contributed by atoms with Gasteiger partial charge in [0.2, 0.25) is 5.43 Å². The number of likely N-dealkylation sites (N-methyl/N-ethyl adjacent to an activating group) is 1. The standard InChI is InChI=1S/C18H20FN3O4.Bi.3H/c1-10-9-26-17-14-11(16(23)12(18(24)25)8-22(10)14)7-13(19)15(17)21-5-3-20(2)4-6-21;;;;/h7-8,10H,3-6,9H2,1-2H3,(H,24,25);;;;. The predicted octanol–water partition coefficient (Wildman–Crippen LogP) is 0.360. The first-order valence-electron chi connectivity index (χ1n) is 8.59. The molecule has 1 unspecified atom stereocenters. The summed E-state index contributed by atoms with van der Waals surface area (Å²) in [6.45, 7) is 5.08. The summed E-state index contributed by atoms with van der Waals surface area (Å²) in [5.41, 5.74) is -0.224. The Kier molecular flexibility index (Phi) is 5.45. The van der Waals surface area contributed by atoms with Crippen LogP contribution in [0.3, 0.4) is 0 Å². The Balaban J connectivity index is 0.00000210. The van der Waals surface area contributed by atoms with Crippen molar-refractivity contribution in [3.63, 3.8) is 0 Å². The minimum atomic E-state index is -1.32. The van der Waals surface area contributed by atoms with Gasteiger partial charge in [-0.2, -0.15) is 0 Å². The molecule has 1 saturated heterocycles. The normalized spacial score (nSPS) is 19.5. The molecule has 1 N–H and O–H groups in total. The first-order chi connectivity index (χ1) is 12.4. The number of piperazine rings is 1. The van der Waals surface area contributed by atoms with E-state index in [2.05, 4.69) is 4.90 Å². The molecule has 1 fully saturated rings. The Morgan fingerprint density at radius 1 is 1.30 bits per heavy atom. The summed E-state index contributed by atoms with van der Waals surface area (Å²) in [5, 5.41) is 9.36. The van der Waals surface area contributed by atoms with Crippen molar-refractivity contribution in [3.8, 4) is 5.75 Å². The molecule has 0 bridgehead atoms. The SMILES string of the molecule is CC1COc2c(N3CCN(C)CC3)c(F)cc3c(=O)c(C(=O)O)cn1c23.[BiH3]. The number of hydrogen-bond donors (Lipinski definition) is 1. The van der Waals surface area contributed by atoms with Crippen molar-refractivity contribution in [1.29, 1.82) is 0 Å². The average molecular weight is 573 g/mol. The number of aromatic nitrogens is 1. The zero-order valence-corrected chi connectivity index (χ0v) is 20.9. The van der Waals surface area contributed by atoms with Crippen molar-refractivity contribution in [2.45, 2.75) is 13.0 Å². The van der Waals surface area contributed by atoms with Crippen molar-refractivity contribution in [2.24, 2.45) is 0 Å². The van der Waals surface area contributed by atoms with Gasteiger partial charge in [0.15, 0.2) is 11.6 Å². The fraction of sp³-hybridized carbons (Fsp3) is 0.444. The van der Waals surface area contributed by atoms with E-state index in [1.54, 1.807) is 4.57 Å². The average Bonchev–Trinajstić information content (AvgIpc) is 2.60. The summed E-state index contributed by atoms with van der Waals surface area (Å²) in [5.74, 6) is -1.54. The number of hydrogen-bond acceptors (Lipinski definition) is 5. The molecule has 2 aliphatic heterocycles. The molecule has 0 saturated carbocycles. The number of carbonyl (C=O) groups is 1. The number of ether oxygens (including phenoxy) is 1. The first kappa shape index (κ1) is 20.0. The number of benzene rings is 1. The summed E-state index contributed by atoms with van der Waals surface area (Å²) >= 11 is 0. The monoisotopic (exact) mass is 573 g/mol. The second-order valence-corrected chi connectivity index (χ2v) is 6.97. The van der Waals surface area contributed by atoms with E-state index in [4.69, 9.17) is 4.74 Å². The molecule has 2 aliphatic rings. The van der Waals surface area contributed by atoms with E-state index >= 15 is 0 Å². The summed E-state index contributed by atoms with van der Waals surface area (Å²) in [6.07, 6.45) is 1.34. The maximum atomic E-state index is 15.0. The molecule has 2 aromatic rings. The molecule has 7 nitrogen and oxygen atoms in total. The molecule has 9 heteroatoms. The van der Waals surface area contributed by atoms with Gasteiger partial charge in [0.1, 0.15) is 17.9 Å². The number of rotatable bonds is 2. The number of nitrogens with zero attached hydrogens (tertiary/aromatic N) is 3. The number of carboxylic acid groups (broad SMARTS) is 1. The van der Waals surface area contributed by atoms with Gasteiger partial charge in [0, 0.05) is 32.4 Å². The molecule has 3 heterocycles. The topological polar surface area (TPSA) is 75.0 Å². The van der Waals surface area contributed by atoms with Crippen LogP contribution in [-0.2, 0) is 0 Å². The van der Waals surface area contributed by atoms with Gasteiger partial charge in [0.25, 0.3) is 0 Å². The van der Waals surface area contributed by atoms with Crippen LogP contribution in [0.4, 0.5) is 10.1 Å². The van der Waals surface area contributed by atoms with Crippen LogP contribution in [0.5, 0.6) is 5.75 Å². The Bertz CT molecular complexity index is 969. The third-order valence-corrected chi connectivity index (χ3v) is 5.19. The van der Waals surface area contributed by atoms with E-state index in [1.807, 2.05) is 18.9 Å². The van der Waals surface area contributed by atoms with Gasteiger partial charge < -0.3 is 24.2 Å². The number of carboxylic acids is 1. The Labute approximate surface area is 174 Å². The molecule has 0 amide bonds. The predicted molar refractivity (Wildman–Crippen MR) is 105 cm³/mol. The third kappa shape index (κ3) is 3.21. The molecule has 146 valence electrons. The summed E-state index contributed by atoms with van der Waals surface area (Å²) in [7, 11) is 2.02. The van der Waals surface area contributed by atoms with Crippen molar-refractivity contribution in [3.05, 3.63) is 33.9 Å². The molecular formula is C18H23BiFN3O4. The van der Waals surface area contributed by atoms with Crippen molar-refractivity contribution in [1.82, 2.24) is 9.47 Å². The van der Waals surface area contributed by atoms with Crippen molar-refractivity contribution in [2.75, 3.05) is 44.7 Å². The zero-order valence-electron chi connectivity index (χ0n) is 15.4. The molecule has 1 aromatic carbocycles. The van der Waals surface area contributed by atoms with Crippen LogP contribution in [0, 0.1) is 5.82 Å². The number of halogens is 1. The third-order valence-electron chi connectivity index (χ3n) is 5.19. The van der Waals surface area contributed by atoms with Crippen LogP contribution in [0.25, 0.3) is 10.9 Å². The summed E-state index contributed by atoms with van der Waals surface area (Å²) in [6, 6.07) is 0.994. The Morgan fingerprint density at radius 3 is 2.59 bits per heavy atom. The maximum absolute atomic E-state index is 15.0. The van der Waals surface area contributed by atoms with E-state index in [9.17, 15) is 19.1 Å². The van der Waals surface area contributed by atoms with Gasteiger partial charge in [-0.05, 0) is 20.0 Å². The second kappa shape index (κ2) is 7.36. The van der Waals surface area contributed by atoms with Gasteiger partial charge in [-0.25, -0.2) is 9.18 Å². The van der Waals surface area contributed by atoms with E-state index in [0.29, 0.717) is 30.0 Å².